The van der Waals surface area contributed by atoms with Crippen LogP contribution in [0, 0.1) is 0 Å². The Kier molecular flexibility index (Phi) is 3.82. The molecule has 0 aliphatic rings. The van der Waals surface area contributed by atoms with Crippen LogP contribution < -0.4 is 16.2 Å². The van der Waals surface area contributed by atoms with Gasteiger partial charge in [-0.3, -0.25) is 4.79 Å². The molecule has 0 fully saturated rings. The SMILES string of the molecule is NC(=O)c1sc2nccc(Oc3c(Cl)cccc3Cl)c2c1N. The number of hydrogen-bond donors (Lipinski definition) is 2. The fraction of sp³-hybridized carbons (Fsp3) is 0. The van der Waals surface area contributed by atoms with E-state index in [1.807, 2.05) is 0 Å². The summed E-state index contributed by atoms with van der Waals surface area (Å²) in [6, 6.07) is 6.65. The molecule has 3 rings (SSSR count). The van der Waals surface area contributed by atoms with Crippen LogP contribution in [0.1, 0.15) is 9.67 Å². The normalized spacial score (nSPS) is 10.8. The molecule has 1 aromatic carbocycles. The lowest BCUT2D eigenvalue weighted by molar-refractivity contribution is 0.100. The van der Waals surface area contributed by atoms with Gasteiger partial charge in [-0.2, -0.15) is 0 Å². The van der Waals surface area contributed by atoms with E-state index in [2.05, 4.69) is 4.98 Å². The van der Waals surface area contributed by atoms with Crippen molar-refractivity contribution in [3.8, 4) is 11.5 Å². The van der Waals surface area contributed by atoms with Crippen LogP contribution in [0.3, 0.4) is 0 Å². The maximum absolute atomic E-state index is 11.4. The van der Waals surface area contributed by atoms with Gasteiger partial charge >= 0.3 is 0 Å². The topological polar surface area (TPSA) is 91.2 Å². The first-order valence-corrected chi connectivity index (χ1v) is 7.65. The predicted molar refractivity (Wildman–Crippen MR) is 89.1 cm³/mol. The van der Waals surface area contributed by atoms with Crippen molar-refractivity contribution >= 4 is 56.3 Å². The van der Waals surface area contributed by atoms with E-state index in [0.717, 1.165) is 11.3 Å². The lowest BCUT2D eigenvalue weighted by atomic mass is 10.2. The third-order valence-electron chi connectivity index (χ3n) is 2.95. The van der Waals surface area contributed by atoms with Crippen LogP contribution in [-0.4, -0.2) is 10.9 Å². The van der Waals surface area contributed by atoms with Crippen molar-refractivity contribution in [2.75, 3.05) is 5.73 Å². The molecule has 3 aromatic rings. The summed E-state index contributed by atoms with van der Waals surface area (Å²) in [7, 11) is 0. The summed E-state index contributed by atoms with van der Waals surface area (Å²) in [5.74, 6) is 0.105. The van der Waals surface area contributed by atoms with E-state index in [4.69, 9.17) is 39.4 Å². The lowest BCUT2D eigenvalue weighted by Crippen LogP contribution is -2.10. The van der Waals surface area contributed by atoms with E-state index in [0.29, 0.717) is 31.8 Å². The zero-order valence-electron chi connectivity index (χ0n) is 11.0. The standard InChI is InChI=1S/C14H9Cl2N3O2S/c15-6-2-1-3-7(16)11(6)21-8-4-5-19-14-9(8)10(17)12(22-14)13(18)20/h1-5H,17H2,(H2,18,20). The Morgan fingerprint density at radius 3 is 2.55 bits per heavy atom. The number of hydrogen-bond acceptors (Lipinski definition) is 5. The number of fused-ring (bicyclic) bond motifs is 1. The van der Waals surface area contributed by atoms with Gasteiger partial charge in [0, 0.05) is 6.20 Å². The summed E-state index contributed by atoms with van der Waals surface area (Å²) < 4.78 is 5.80. The van der Waals surface area contributed by atoms with Gasteiger partial charge in [0.1, 0.15) is 15.5 Å². The van der Waals surface area contributed by atoms with Gasteiger partial charge in [-0.05, 0) is 18.2 Å². The summed E-state index contributed by atoms with van der Waals surface area (Å²) in [4.78, 5) is 16.4. The molecular formula is C14H9Cl2N3O2S. The number of benzene rings is 1. The fourth-order valence-corrected chi connectivity index (χ4v) is 3.38. The first kappa shape index (κ1) is 14.9. The third-order valence-corrected chi connectivity index (χ3v) is 4.67. The van der Waals surface area contributed by atoms with E-state index in [1.165, 1.54) is 0 Å². The number of nitrogens with two attached hydrogens (primary N) is 2. The third kappa shape index (κ3) is 2.45. The number of primary amides is 1. The molecule has 4 N–H and O–H groups in total. The number of thiophene rings is 1. The molecule has 0 aliphatic carbocycles. The number of amides is 1. The van der Waals surface area contributed by atoms with E-state index >= 15 is 0 Å². The molecule has 0 saturated heterocycles. The number of aromatic nitrogens is 1. The first-order valence-electron chi connectivity index (χ1n) is 6.07. The van der Waals surface area contributed by atoms with Gasteiger partial charge in [0.05, 0.1) is 21.1 Å². The number of halogens is 2. The average Bonchev–Trinajstić information content (AvgIpc) is 2.81. The van der Waals surface area contributed by atoms with Gasteiger partial charge in [0.15, 0.2) is 5.75 Å². The molecular weight excluding hydrogens is 345 g/mol. The molecule has 0 radical (unpaired) electrons. The monoisotopic (exact) mass is 353 g/mol. The molecule has 0 aliphatic heterocycles. The number of pyridine rings is 1. The molecule has 5 nitrogen and oxygen atoms in total. The number of ether oxygens (including phenoxy) is 1. The Bertz CT molecular complexity index is 875. The molecule has 2 aromatic heterocycles. The molecule has 1 amide bonds. The van der Waals surface area contributed by atoms with Crippen LogP contribution in [0.2, 0.25) is 10.0 Å². The Balaban J connectivity index is 2.18. The molecule has 0 atom stereocenters. The van der Waals surface area contributed by atoms with Crippen molar-refractivity contribution in [2.45, 2.75) is 0 Å². The highest BCUT2D eigenvalue weighted by atomic mass is 35.5. The fourth-order valence-electron chi connectivity index (χ4n) is 1.97. The molecule has 0 saturated carbocycles. The number of carbonyl (C=O) groups excluding carboxylic acids is 1. The minimum absolute atomic E-state index is 0.235. The van der Waals surface area contributed by atoms with Crippen LogP contribution in [0.4, 0.5) is 5.69 Å². The predicted octanol–water partition coefficient (Wildman–Crippen LogP) is 4.08. The van der Waals surface area contributed by atoms with Gasteiger partial charge in [0.25, 0.3) is 5.91 Å². The van der Waals surface area contributed by atoms with Crippen molar-refractivity contribution in [3.05, 3.63) is 45.4 Å². The van der Waals surface area contributed by atoms with Gasteiger partial charge in [-0.25, -0.2) is 4.98 Å². The van der Waals surface area contributed by atoms with E-state index < -0.39 is 5.91 Å². The molecule has 2 heterocycles. The second-order valence-corrected chi connectivity index (χ2v) is 6.16. The van der Waals surface area contributed by atoms with E-state index in [1.54, 1.807) is 30.5 Å². The van der Waals surface area contributed by atoms with Crippen molar-refractivity contribution in [3.63, 3.8) is 0 Å². The summed E-state index contributed by atoms with van der Waals surface area (Å²) in [6.45, 7) is 0. The number of nitrogen functional groups attached to an aromatic ring is 1. The van der Waals surface area contributed by atoms with Crippen molar-refractivity contribution in [1.82, 2.24) is 4.98 Å². The van der Waals surface area contributed by atoms with Crippen molar-refractivity contribution < 1.29 is 9.53 Å². The number of anilines is 1. The Labute approximate surface area is 139 Å². The van der Waals surface area contributed by atoms with Gasteiger partial charge in [0.2, 0.25) is 0 Å². The molecule has 0 unspecified atom stereocenters. The second-order valence-electron chi connectivity index (χ2n) is 4.35. The minimum Gasteiger partial charge on any atom is -0.453 e. The number of nitrogens with zero attached hydrogens (tertiary/aromatic N) is 1. The maximum Gasteiger partial charge on any atom is 0.260 e. The summed E-state index contributed by atoms with van der Waals surface area (Å²) >= 11 is 13.3. The number of carbonyl (C=O) groups is 1. The first-order chi connectivity index (χ1) is 10.5. The highest BCUT2D eigenvalue weighted by Gasteiger charge is 2.19. The van der Waals surface area contributed by atoms with Crippen LogP contribution in [-0.2, 0) is 0 Å². The Morgan fingerprint density at radius 1 is 1.23 bits per heavy atom. The van der Waals surface area contributed by atoms with Gasteiger partial charge in [-0.1, -0.05) is 29.3 Å². The zero-order chi connectivity index (χ0) is 15.9. The summed E-state index contributed by atoms with van der Waals surface area (Å²) in [5, 5.41) is 1.24. The lowest BCUT2D eigenvalue weighted by Gasteiger charge is -2.10. The highest BCUT2D eigenvalue weighted by Crippen LogP contribution is 2.42. The van der Waals surface area contributed by atoms with Crippen LogP contribution in [0.25, 0.3) is 10.2 Å². The minimum atomic E-state index is -0.609. The maximum atomic E-state index is 11.4. The van der Waals surface area contributed by atoms with E-state index in [9.17, 15) is 4.79 Å². The van der Waals surface area contributed by atoms with Gasteiger partial charge in [-0.15, -0.1) is 11.3 Å². The largest absolute Gasteiger partial charge is 0.453 e. The summed E-state index contributed by atoms with van der Waals surface area (Å²) in [5.41, 5.74) is 11.5. The van der Waals surface area contributed by atoms with Gasteiger partial charge < -0.3 is 16.2 Å². The quantitative estimate of drug-likeness (QED) is 0.741. The molecule has 0 bridgehead atoms. The number of para-hydroxylation sites is 1. The Hall–Kier alpha value is -2.02. The average molecular weight is 354 g/mol. The van der Waals surface area contributed by atoms with Crippen LogP contribution >= 0.6 is 34.5 Å². The molecule has 112 valence electrons. The molecule has 8 heteroatoms. The van der Waals surface area contributed by atoms with E-state index in [-0.39, 0.29) is 10.6 Å². The van der Waals surface area contributed by atoms with Crippen LogP contribution in [0.15, 0.2) is 30.5 Å². The van der Waals surface area contributed by atoms with Crippen molar-refractivity contribution in [2.24, 2.45) is 5.73 Å². The highest BCUT2D eigenvalue weighted by molar-refractivity contribution is 7.21. The number of rotatable bonds is 3. The molecule has 0 spiro atoms. The zero-order valence-corrected chi connectivity index (χ0v) is 13.3. The second kappa shape index (κ2) is 5.64. The summed E-state index contributed by atoms with van der Waals surface area (Å²) in [6.07, 6.45) is 1.54. The molecule has 22 heavy (non-hydrogen) atoms. The van der Waals surface area contributed by atoms with Crippen molar-refractivity contribution in [1.29, 1.82) is 0 Å². The Morgan fingerprint density at radius 2 is 1.91 bits per heavy atom. The smallest absolute Gasteiger partial charge is 0.260 e. The van der Waals surface area contributed by atoms with Crippen LogP contribution in [0.5, 0.6) is 11.5 Å².